The number of hydrogen-bond donors (Lipinski definition) is 3. The topological polar surface area (TPSA) is 160 Å². The van der Waals surface area contributed by atoms with Crippen LogP contribution in [0, 0.1) is 0 Å². The monoisotopic (exact) mass is 345 g/mol. The molecule has 2 fully saturated rings. The number of hydrogen-bond acceptors (Lipinski definition) is 8. The molecule has 3 atom stereocenters. The van der Waals surface area contributed by atoms with Crippen molar-refractivity contribution in [2.75, 3.05) is 24.7 Å². The predicted octanol–water partition coefficient (Wildman–Crippen LogP) is 1.29. The van der Waals surface area contributed by atoms with Gasteiger partial charge in [0, 0.05) is 24.3 Å². The predicted molar refractivity (Wildman–Crippen MR) is 89.8 cm³/mol. The standard InChI is InChI=1S/C14H19N9O2/c1-17-14-19-11-10(6-2-3-6)18-13(15)20-12(11)23(14)9-4-7(21-22-16)8(5-24)25-9/h6-9,24H,2-5H2,1H3,(H,17,19)(H2,15,18,20)/t7-,8+,9+/m0/s1. The van der Waals surface area contributed by atoms with Gasteiger partial charge >= 0.3 is 0 Å². The Balaban J connectivity index is 1.82. The van der Waals surface area contributed by atoms with Gasteiger partial charge in [0.15, 0.2) is 5.65 Å². The minimum atomic E-state index is -0.565. The van der Waals surface area contributed by atoms with Crippen molar-refractivity contribution in [2.45, 2.75) is 43.6 Å². The summed E-state index contributed by atoms with van der Waals surface area (Å²) in [4.78, 5) is 16.2. The highest BCUT2D eigenvalue weighted by Gasteiger charge is 2.38. The number of imidazole rings is 1. The average molecular weight is 345 g/mol. The summed E-state index contributed by atoms with van der Waals surface area (Å²) < 4.78 is 7.69. The van der Waals surface area contributed by atoms with Crippen LogP contribution in [0.15, 0.2) is 5.11 Å². The van der Waals surface area contributed by atoms with Gasteiger partial charge in [-0.1, -0.05) is 5.11 Å². The number of anilines is 2. The van der Waals surface area contributed by atoms with E-state index < -0.39 is 18.4 Å². The van der Waals surface area contributed by atoms with E-state index in [1.165, 1.54) is 0 Å². The normalized spacial score (nSPS) is 25.9. The van der Waals surface area contributed by atoms with Crippen molar-refractivity contribution in [3.05, 3.63) is 16.1 Å². The van der Waals surface area contributed by atoms with Crippen molar-refractivity contribution in [1.29, 1.82) is 0 Å². The fourth-order valence-corrected chi connectivity index (χ4v) is 3.33. The summed E-state index contributed by atoms with van der Waals surface area (Å²) >= 11 is 0. The van der Waals surface area contributed by atoms with Gasteiger partial charge < -0.3 is 20.9 Å². The lowest BCUT2D eigenvalue weighted by molar-refractivity contribution is -0.0223. The van der Waals surface area contributed by atoms with Crippen LogP contribution < -0.4 is 11.1 Å². The summed E-state index contributed by atoms with van der Waals surface area (Å²) in [5.41, 5.74) is 16.8. The van der Waals surface area contributed by atoms with Crippen molar-refractivity contribution >= 4 is 23.1 Å². The van der Waals surface area contributed by atoms with Gasteiger partial charge in [-0.15, -0.1) is 0 Å². The molecule has 1 saturated heterocycles. The molecule has 1 aliphatic carbocycles. The molecule has 4 rings (SSSR count). The van der Waals surface area contributed by atoms with Gasteiger partial charge in [0.25, 0.3) is 0 Å². The quantitative estimate of drug-likeness (QED) is 0.418. The number of aromatic nitrogens is 4. The first kappa shape index (κ1) is 15.9. The van der Waals surface area contributed by atoms with Crippen LogP contribution in [0.5, 0.6) is 0 Å². The zero-order chi connectivity index (χ0) is 17.6. The van der Waals surface area contributed by atoms with E-state index in [9.17, 15) is 5.11 Å². The fraction of sp³-hybridized carbons (Fsp3) is 0.643. The minimum absolute atomic E-state index is 0.196. The molecule has 2 aromatic rings. The van der Waals surface area contributed by atoms with Crippen LogP contribution >= 0.6 is 0 Å². The lowest BCUT2D eigenvalue weighted by Crippen LogP contribution is -2.23. The van der Waals surface area contributed by atoms with Crippen LogP contribution in [-0.4, -0.2) is 50.4 Å². The SMILES string of the molecule is CNc1nc2c(C3CC3)nc(N)nc2n1[C@H]1C[C@H](N=[N+]=[N-])[C@@H](CO)O1. The largest absolute Gasteiger partial charge is 0.394 e. The first-order chi connectivity index (χ1) is 12.2. The molecule has 0 radical (unpaired) electrons. The van der Waals surface area contributed by atoms with Gasteiger partial charge in [-0.25, -0.2) is 9.97 Å². The Morgan fingerprint density at radius 1 is 1.44 bits per heavy atom. The lowest BCUT2D eigenvalue weighted by Gasteiger charge is -2.16. The van der Waals surface area contributed by atoms with Gasteiger partial charge in [-0.2, -0.15) is 4.98 Å². The van der Waals surface area contributed by atoms with Crippen LogP contribution in [0.25, 0.3) is 21.6 Å². The number of nitrogens with one attached hydrogen (secondary N) is 1. The molecule has 1 saturated carbocycles. The molecule has 25 heavy (non-hydrogen) atoms. The summed E-state index contributed by atoms with van der Waals surface area (Å²) in [7, 11) is 1.76. The molecule has 11 heteroatoms. The Morgan fingerprint density at radius 2 is 2.24 bits per heavy atom. The lowest BCUT2D eigenvalue weighted by atomic mass is 10.1. The van der Waals surface area contributed by atoms with Gasteiger partial charge in [-0.3, -0.25) is 4.57 Å². The Labute approximate surface area is 142 Å². The number of nitrogen functional groups attached to an aromatic ring is 1. The molecule has 0 unspecified atom stereocenters. The van der Waals surface area contributed by atoms with E-state index in [0.29, 0.717) is 29.5 Å². The van der Waals surface area contributed by atoms with Crippen molar-refractivity contribution in [3.63, 3.8) is 0 Å². The highest BCUT2D eigenvalue weighted by Crippen LogP contribution is 2.43. The third kappa shape index (κ3) is 2.62. The maximum atomic E-state index is 9.49. The number of nitrogens with zero attached hydrogens (tertiary/aromatic N) is 7. The van der Waals surface area contributed by atoms with E-state index in [0.717, 1.165) is 18.5 Å². The zero-order valence-electron chi connectivity index (χ0n) is 13.7. The number of aliphatic hydroxyl groups excluding tert-OH is 1. The smallest absolute Gasteiger partial charge is 0.222 e. The van der Waals surface area contributed by atoms with Crippen molar-refractivity contribution in [3.8, 4) is 0 Å². The molecule has 132 valence electrons. The Bertz CT molecular complexity index is 856. The molecular weight excluding hydrogens is 326 g/mol. The number of aliphatic hydroxyl groups is 1. The number of azide groups is 1. The zero-order valence-corrected chi connectivity index (χ0v) is 13.7. The second-order valence-electron chi connectivity index (χ2n) is 6.29. The number of rotatable bonds is 5. The molecule has 0 bridgehead atoms. The highest BCUT2D eigenvalue weighted by molar-refractivity contribution is 5.79. The van der Waals surface area contributed by atoms with E-state index in [1.54, 1.807) is 11.6 Å². The second-order valence-corrected chi connectivity index (χ2v) is 6.29. The number of nitrogens with two attached hydrogens (primary N) is 1. The van der Waals surface area contributed by atoms with E-state index in [1.807, 2.05) is 0 Å². The van der Waals surface area contributed by atoms with Gasteiger partial charge in [0.05, 0.1) is 24.4 Å². The summed E-state index contributed by atoms with van der Waals surface area (Å²) in [5.74, 6) is 1.13. The molecule has 2 aliphatic rings. The number of ether oxygens (including phenoxy) is 1. The average Bonchev–Trinajstić information content (AvgIpc) is 3.27. The molecule has 0 amide bonds. The van der Waals surface area contributed by atoms with Gasteiger partial charge in [0.2, 0.25) is 11.9 Å². The van der Waals surface area contributed by atoms with Crippen LogP contribution in [0.1, 0.15) is 37.1 Å². The van der Waals surface area contributed by atoms with Gasteiger partial charge in [-0.05, 0) is 18.4 Å². The van der Waals surface area contributed by atoms with Crippen LogP contribution in [0.3, 0.4) is 0 Å². The molecule has 2 aromatic heterocycles. The second kappa shape index (κ2) is 6.03. The molecule has 3 heterocycles. The summed E-state index contributed by atoms with van der Waals surface area (Å²) in [5, 5.41) is 16.3. The van der Waals surface area contributed by atoms with E-state index in [4.69, 9.17) is 16.0 Å². The third-order valence-electron chi connectivity index (χ3n) is 4.64. The van der Waals surface area contributed by atoms with Crippen LogP contribution in [0.2, 0.25) is 0 Å². The van der Waals surface area contributed by atoms with Crippen molar-refractivity contribution in [2.24, 2.45) is 5.11 Å². The molecule has 1 aliphatic heterocycles. The van der Waals surface area contributed by atoms with Crippen LogP contribution in [0.4, 0.5) is 11.9 Å². The van der Waals surface area contributed by atoms with E-state index in [-0.39, 0.29) is 12.6 Å². The minimum Gasteiger partial charge on any atom is -0.394 e. The number of fused-ring (bicyclic) bond motifs is 1. The van der Waals surface area contributed by atoms with E-state index >= 15 is 0 Å². The molecule has 0 spiro atoms. The van der Waals surface area contributed by atoms with Gasteiger partial charge in [0.1, 0.15) is 11.7 Å². The maximum absolute atomic E-state index is 9.49. The molecule has 4 N–H and O–H groups in total. The summed E-state index contributed by atoms with van der Waals surface area (Å²) in [6.07, 6.45) is 1.52. The molecular formula is C14H19N9O2. The maximum Gasteiger partial charge on any atom is 0.222 e. The van der Waals surface area contributed by atoms with Crippen molar-refractivity contribution < 1.29 is 9.84 Å². The summed E-state index contributed by atoms with van der Waals surface area (Å²) in [6, 6.07) is -0.454. The van der Waals surface area contributed by atoms with Crippen LogP contribution in [-0.2, 0) is 4.74 Å². The Kier molecular flexibility index (Phi) is 3.83. The highest BCUT2D eigenvalue weighted by atomic mass is 16.5. The van der Waals surface area contributed by atoms with E-state index in [2.05, 4.69) is 30.3 Å². The first-order valence-electron chi connectivity index (χ1n) is 8.19. The molecule has 0 aromatic carbocycles. The Morgan fingerprint density at radius 3 is 2.88 bits per heavy atom. The third-order valence-corrected chi connectivity index (χ3v) is 4.64. The first-order valence-corrected chi connectivity index (χ1v) is 8.19. The fourth-order valence-electron chi connectivity index (χ4n) is 3.33. The summed E-state index contributed by atoms with van der Waals surface area (Å²) in [6.45, 7) is -0.230. The molecule has 11 nitrogen and oxygen atoms in total. The van der Waals surface area contributed by atoms with Crippen molar-refractivity contribution in [1.82, 2.24) is 19.5 Å². The Hall–Kier alpha value is -2.62.